The highest BCUT2D eigenvalue weighted by atomic mass is 16.3. The summed E-state index contributed by atoms with van der Waals surface area (Å²) < 4.78 is 0. The Kier molecular flexibility index (Phi) is 4.18. The van der Waals surface area contributed by atoms with Gasteiger partial charge in [-0.15, -0.1) is 0 Å². The minimum atomic E-state index is -0.100. The molecular formula is C15H18N2O2. The second-order valence-electron chi connectivity index (χ2n) is 5.06. The van der Waals surface area contributed by atoms with Crippen LogP contribution >= 0.6 is 0 Å². The van der Waals surface area contributed by atoms with E-state index >= 15 is 0 Å². The maximum Gasteiger partial charge on any atom is 0.254 e. The van der Waals surface area contributed by atoms with Gasteiger partial charge in [0.2, 0.25) is 0 Å². The zero-order chi connectivity index (χ0) is 13.8. The summed E-state index contributed by atoms with van der Waals surface area (Å²) in [5.74, 6) is 0.260. The van der Waals surface area contributed by atoms with Crippen molar-refractivity contribution in [1.29, 1.82) is 5.26 Å². The number of amides is 1. The van der Waals surface area contributed by atoms with Crippen molar-refractivity contribution in [3.8, 4) is 6.07 Å². The van der Waals surface area contributed by atoms with Crippen molar-refractivity contribution >= 4 is 5.91 Å². The molecule has 4 nitrogen and oxygen atoms in total. The van der Waals surface area contributed by atoms with E-state index in [1.165, 1.54) is 0 Å². The van der Waals surface area contributed by atoms with Crippen molar-refractivity contribution in [3.63, 3.8) is 0 Å². The van der Waals surface area contributed by atoms with Crippen LogP contribution in [0.4, 0.5) is 0 Å². The molecule has 1 amide bonds. The highest BCUT2D eigenvalue weighted by molar-refractivity contribution is 5.94. The number of benzene rings is 1. The number of likely N-dealkylation sites (tertiary alicyclic amines) is 1. The molecule has 1 aromatic rings. The molecule has 1 N–H and O–H groups in total. The van der Waals surface area contributed by atoms with E-state index in [1.807, 2.05) is 6.07 Å². The Hall–Kier alpha value is -1.86. The Morgan fingerprint density at radius 3 is 2.74 bits per heavy atom. The molecule has 0 aliphatic carbocycles. The molecule has 1 aliphatic heterocycles. The molecule has 0 saturated carbocycles. The first-order valence-electron chi connectivity index (χ1n) is 6.59. The van der Waals surface area contributed by atoms with Gasteiger partial charge in [0.25, 0.3) is 5.91 Å². The lowest BCUT2D eigenvalue weighted by Gasteiger charge is -2.39. The molecule has 1 aromatic carbocycles. The van der Waals surface area contributed by atoms with E-state index in [0.717, 1.165) is 12.8 Å². The predicted octanol–water partition coefficient (Wildman–Crippen LogP) is 1.79. The normalized spacial score (nSPS) is 22.9. The summed E-state index contributed by atoms with van der Waals surface area (Å²) in [7, 11) is 0. The van der Waals surface area contributed by atoms with Gasteiger partial charge in [-0.2, -0.15) is 5.26 Å². The number of carbonyl (C=O) groups excluding carboxylic acids is 1. The summed E-state index contributed by atoms with van der Waals surface area (Å²) in [5.41, 5.74) is 1.12. The van der Waals surface area contributed by atoms with Crippen molar-refractivity contribution in [2.45, 2.75) is 25.8 Å². The number of hydrogen-bond acceptors (Lipinski definition) is 3. The SMILES string of the molecule is CC1CCCN(C(=O)c2ccc(C#N)cc2)C1CO. The molecule has 100 valence electrons. The lowest BCUT2D eigenvalue weighted by Crippen LogP contribution is -2.49. The quantitative estimate of drug-likeness (QED) is 0.879. The van der Waals surface area contributed by atoms with Gasteiger partial charge in [-0.1, -0.05) is 6.92 Å². The van der Waals surface area contributed by atoms with Gasteiger partial charge in [0.15, 0.2) is 0 Å². The maximum atomic E-state index is 12.4. The number of aliphatic hydroxyl groups is 1. The maximum absolute atomic E-state index is 12.4. The third kappa shape index (κ3) is 2.77. The molecule has 2 rings (SSSR count). The summed E-state index contributed by atoms with van der Waals surface area (Å²) in [6, 6.07) is 8.58. The zero-order valence-corrected chi connectivity index (χ0v) is 11.0. The minimum absolute atomic E-state index is 0.00316. The van der Waals surface area contributed by atoms with E-state index in [-0.39, 0.29) is 18.6 Å². The average Bonchev–Trinajstić information content (AvgIpc) is 2.46. The highest BCUT2D eigenvalue weighted by Crippen LogP contribution is 2.24. The molecule has 1 heterocycles. The number of carbonyl (C=O) groups is 1. The van der Waals surface area contributed by atoms with Crippen LogP contribution < -0.4 is 0 Å². The average molecular weight is 258 g/mol. The van der Waals surface area contributed by atoms with E-state index in [0.29, 0.717) is 23.6 Å². The van der Waals surface area contributed by atoms with Gasteiger partial charge in [-0.05, 0) is 43.0 Å². The van der Waals surface area contributed by atoms with Crippen molar-refractivity contribution < 1.29 is 9.90 Å². The number of nitriles is 1. The molecule has 1 saturated heterocycles. The summed E-state index contributed by atoms with van der Waals surface area (Å²) in [5, 5.41) is 18.2. The highest BCUT2D eigenvalue weighted by Gasteiger charge is 2.31. The minimum Gasteiger partial charge on any atom is -0.394 e. The van der Waals surface area contributed by atoms with Crippen LogP contribution in [0.25, 0.3) is 0 Å². The number of aliphatic hydroxyl groups excluding tert-OH is 1. The molecule has 4 heteroatoms. The van der Waals surface area contributed by atoms with E-state index in [4.69, 9.17) is 5.26 Å². The summed E-state index contributed by atoms with van der Waals surface area (Å²) in [6.07, 6.45) is 2.02. The molecule has 2 unspecified atom stereocenters. The van der Waals surface area contributed by atoms with Crippen molar-refractivity contribution in [3.05, 3.63) is 35.4 Å². The molecular weight excluding hydrogens is 240 g/mol. The molecule has 0 radical (unpaired) electrons. The summed E-state index contributed by atoms with van der Waals surface area (Å²) in [4.78, 5) is 14.2. The Labute approximate surface area is 113 Å². The van der Waals surface area contributed by atoms with Crippen molar-refractivity contribution in [2.24, 2.45) is 5.92 Å². The first-order chi connectivity index (χ1) is 9.17. The van der Waals surface area contributed by atoms with E-state index < -0.39 is 0 Å². The number of piperidine rings is 1. The fraction of sp³-hybridized carbons (Fsp3) is 0.467. The van der Waals surface area contributed by atoms with E-state index in [9.17, 15) is 9.90 Å². The van der Waals surface area contributed by atoms with Crippen LogP contribution in [0.5, 0.6) is 0 Å². The topological polar surface area (TPSA) is 64.3 Å². The van der Waals surface area contributed by atoms with Crippen LogP contribution in [0.3, 0.4) is 0 Å². The first kappa shape index (κ1) is 13.6. The van der Waals surface area contributed by atoms with E-state index in [1.54, 1.807) is 29.2 Å². The number of rotatable bonds is 2. The third-order valence-electron chi connectivity index (χ3n) is 3.82. The van der Waals surface area contributed by atoms with Crippen molar-refractivity contribution in [1.82, 2.24) is 4.90 Å². The molecule has 0 spiro atoms. The number of nitrogens with zero attached hydrogens (tertiary/aromatic N) is 2. The van der Waals surface area contributed by atoms with Crippen LogP contribution in [0.1, 0.15) is 35.7 Å². The lowest BCUT2D eigenvalue weighted by molar-refractivity contribution is 0.0358. The smallest absolute Gasteiger partial charge is 0.254 e. The van der Waals surface area contributed by atoms with Crippen LogP contribution in [-0.2, 0) is 0 Å². The van der Waals surface area contributed by atoms with Gasteiger partial charge < -0.3 is 10.0 Å². The Bertz CT molecular complexity index is 490. The van der Waals surface area contributed by atoms with Crippen LogP contribution in [0.2, 0.25) is 0 Å². The second kappa shape index (κ2) is 5.85. The number of hydrogen-bond donors (Lipinski definition) is 1. The molecule has 1 fully saturated rings. The molecule has 0 aromatic heterocycles. The van der Waals surface area contributed by atoms with Crippen LogP contribution in [0.15, 0.2) is 24.3 Å². The van der Waals surface area contributed by atoms with Gasteiger partial charge in [-0.25, -0.2) is 0 Å². The summed E-state index contributed by atoms with van der Waals surface area (Å²) in [6.45, 7) is 2.76. The molecule has 2 atom stereocenters. The Morgan fingerprint density at radius 1 is 1.47 bits per heavy atom. The third-order valence-corrected chi connectivity index (χ3v) is 3.82. The van der Waals surface area contributed by atoms with Crippen LogP contribution in [-0.4, -0.2) is 35.1 Å². The van der Waals surface area contributed by atoms with Gasteiger partial charge >= 0.3 is 0 Å². The summed E-state index contributed by atoms with van der Waals surface area (Å²) >= 11 is 0. The monoisotopic (exact) mass is 258 g/mol. The van der Waals surface area contributed by atoms with Gasteiger partial charge in [0.05, 0.1) is 24.3 Å². The molecule has 0 bridgehead atoms. The van der Waals surface area contributed by atoms with Crippen LogP contribution in [0, 0.1) is 17.2 Å². The van der Waals surface area contributed by atoms with Crippen molar-refractivity contribution in [2.75, 3.05) is 13.2 Å². The predicted molar refractivity (Wildman–Crippen MR) is 71.5 cm³/mol. The fourth-order valence-electron chi connectivity index (χ4n) is 2.63. The van der Waals surface area contributed by atoms with Gasteiger partial charge in [0.1, 0.15) is 0 Å². The lowest BCUT2D eigenvalue weighted by atomic mass is 9.90. The molecule has 1 aliphatic rings. The Balaban J connectivity index is 2.19. The second-order valence-corrected chi connectivity index (χ2v) is 5.06. The zero-order valence-electron chi connectivity index (χ0n) is 11.0. The molecule has 19 heavy (non-hydrogen) atoms. The first-order valence-corrected chi connectivity index (χ1v) is 6.59. The fourth-order valence-corrected chi connectivity index (χ4v) is 2.63. The standard InChI is InChI=1S/C15H18N2O2/c1-11-3-2-8-17(14(11)10-18)15(19)13-6-4-12(9-16)5-7-13/h4-7,11,14,18H,2-3,8,10H2,1H3. The van der Waals surface area contributed by atoms with E-state index in [2.05, 4.69) is 6.92 Å². The largest absolute Gasteiger partial charge is 0.394 e. The Morgan fingerprint density at radius 2 is 2.16 bits per heavy atom. The van der Waals surface area contributed by atoms with Gasteiger partial charge in [0, 0.05) is 12.1 Å². The van der Waals surface area contributed by atoms with Gasteiger partial charge in [-0.3, -0.25) is 4.79 Å².